The van der Waals surface area contributed by atoms with Gasteiger partial charge in [-0.1, -0.05) is 6.07 Å². The summed E-state index contributed by atoms with van der Waals surface area (Å²) in [5.74, 6) is -0.107. The van der Waals surface area contributed by atoms with Crippen molar-refractivity contribution in [3.05, 3.63) is 35.3 Å². The van der Waals surface area contributed by atoms with Gasteiger partial charge in [-0.2, -0.15) is 0 Å². The second-order valence-corrected chi connectivity index (χ2v) is 5.02. The fourth-order valence-electron chi connectivity index (χ4n) is 2.31. The van der Waals surface area contributed by atoms with Gasteiger partial charge in [0.1, 0.15) is 11.3 Å². The Labute approximate surface area is 124 Å². The normalized spacial score (nSPS) is 11.3. The molecular formula is C15H21N3O3. The lowest BCUT2D eigenvalue weighted by molar-refractivity contribution is -0.110. The average molecular weight is 291 g/mol. The highest BCUT2D eigenvalue weighted by Crippen LogP contribution is 2.17. The van der Waals surface area contributed by atoms with Crippen LogP contribution >= 0.6 is 0 Å². The molecule has 0 saturated heterocycles. The van der Waals surface area contributed by atoms with Crippen LogP contribution in [0.1, 0.15) is 21.7 Å². The Bertz CT molecular complexity index is 647. The molecule has 0 aliphatic heterocycles. The minimum absolute atomic E-state index is 0.107. The lowest BCUT2D eigenvalue weighted by Gasteiger charge is -2.22. The Kier molecular flexibility index (Phi) is 4.59. The number of aromatic nitrogens is 2. The molecule has 2 aromatic heterocycles. The van der Waals surface area contributed by atoms with Gasteiger partial charge in [0, 0.05) is 27.5 Å². The Morgan fingerprint density at radius 3 is 2.67 bits per heavy atom. The van der Waals surface area contributed by atoms with Crippen LogP contribution in [0.25, 0.3) is 5.65 Å². The number of hydrogen-bond donors (Lipinski definition) is 0. The maximum atomic E-state index is 12.7. The molecule has 6 nitrogen and oxygen atoms in total. The van der Waals surface area contributed by atoms with Gasteiger partial charge < -0.3 is 14.4 Å². The smallest absolute Gasteiger partial charge is 0.272 e. The number of carbonyl (C=O) groups excluding carboxylic acids is 1. The van der Waals surface area contributed by atoms with E-state index in [4.69, 9.17) is 9.47 Å². The Morgan fingerprint density at radius 2 is 2.05 bits per heavy atom. The second kappa shape index (κ2) is 6.24. The first-order valence-corrected chi connectivity index (χ1v) is 6.75. The number of carbonyl (C=O) groups is 1. The molecule has 2 aromatic rings. The number of imidazole rings is 1. The maximum absolute atomic E-state index is 12.7. The lowest BCUT2D eigenvalue weighted by atomic mass is 10.3. The van der Waals surface area contributed by atoms with Crippen LogP contribution in [0.3, 0.4) is 0 Å². The molecule has 0 aromatic carbocycles. The Morgan fingerprint density at radius 1 is 1.38 bits per heavy atom. The molecular weight excluding hydrogens is 270 g/mol. The molecule has 0 N–H and O–H groups in total. The molecule has 0 saturated carbocycles. The number of hydrogen-bond acceptors (Lipinski definition) is 4. The summed E-state index contributed by atoms with van der Waals surface area (Å²) in [5, 5.41) is 0. The van der Waals surface area contributed by atoms with Crippen LogP contribution in [0.2, 0.25) is 0 Å². The molecule has 21 heavy (non-hydrogen) atoms. The summed E-state index contributed by atoms with van der Waals surface area (Å²) in [5.41, 5.74) is 3.13. The molecule has 2 rings (SSSR count). The highest BCUT2D eigenvalue weighted by atomic mass is 16.7. The number of methoxy groups -OCH3 is 2. The highest BCUT2D eigenvalue weighted by Gasteiger charge is 2.22. The van der Waals surface area contributed by atoms with E-state index in [9.17, 15) is 4.79 Å². The van der Waals surface area contributed by atoms with Crippen LogP contribution in [0.15, 0.2) is 18.3 Å². The average Bonchev–Trinajstić information content (AvgIpc) is 2.81. The molecule has 6 heteroatoms. The zero-order valence-corrected chi connectivity index (χ0v) is 13.1. The van der Waals surface area contributed by atoms with Crippen LogP contribution in [0, 0.1) is 13.8 Å². The predicted octanol–water partition coefficient (Wildman–Crippen LogP) is 1.64. The van der Waals surface area contributed by atoms with Gasteiger partial charge >= 0.3 is 0 Å². The van der Waals surface area contributed by atoms with Crippen LogP contribution in [-0.2, 0) is 9.47 Å². The van der Waals surface area contributed by atoms with Crippen molar-refractivity contribution < 1.29 is 14.3 Å². The van der Waals surface area contributed by atoms with E-state index in [0.29, 0.717) is 17.9 Å². The molecule has 0 aliphatic carbocycles. The predicted molar refractivity (Wildman–Crippen MR) is 79.4 cm³/mol. The zero-order valence-electron chi connectivity index (χ0n) is 13.1. The van der Waals surface area contributed by atoms with Gasteiger partial charge in [-0.3, -0.25) is 9.20 Å². The Balaban J connectivity index is 2.35. The van der Waals surface area contributed by atoms with Gasteiger partial charge in [0.05, 0.1) is 12.2 Å². The molecule has 0 unspecified atom stereocenters. The summed E-state index contributed by atoms with van der Waals surface area (Å²) in [6.45, 7) is 4.17. The van der Waals surface area contributed by atoms with E-state index in [-0.39, 0.29) is 5.91 Å². The van der Waals surface area contributed by atoms with Gasteiger partial charge in [-0.15, -0.1) is 0 Å². The third kappa shape index (κ3) is 2.91. The number of amides is 1. The van der Waals surface area contributed by atoms with E-state index in [1.807, 2.05) is 36.6 Å². The number of ether oxygens (including phenoxy) is 2. The molecule has 0 aliphatic rings. The minimum atomic E-state index is -0.444. The third-order valence-corrected chi connectivity index (χ3v) is 3.52. The first kappa shape index (κ1) is 15.5. The van der Waals surface area contributed by atoms with Crippen molar-refractivity contribution in [2.75, 3.05) is 27.8 Å². The molecule has 114 valence electrons. The summed E-state index contributed by atoms with van der Waals surface area (Å²) in [7, 11) is 4.83. The first-order chi connectivity index (χ1) is 9.99. The van der Waals surface area contributed by atoms with Gasteiger partial charge in [-0.25, -0.2) is 4.98 Å². The van der Waals surface area contributed by atoms with E-state index in [2.05, 4.69) is 4.98 Å². The molecule has 0 bridgehead atoms. The van der Waals surface area contributed by atoms with Crippen molar-refractivity contribution in [1.82, 2.24) is 14.3 Å². The highest BCUT2D eigenvalue weighted by molar-refractivity contribution is 5.94. The zero-order chi connectivity index (χ0) is 15.6. The molecule has 0 atom stereocenters. The second-order valence-electron chi connectivity index (χ2n) is 5.02. The van der Waals surface area contributed by atoms with E-state index in [1.165, 1.54) is 0 Å². The fourth-order valence-corrected chi connectivity index (χ4v) is 2.31. The summed E-state index contributed by atoms with van der Waals surface area (Å²) < 4.78 is 12.1. The third-order valence-electron chi connectivity index (χ3n) is 3.52. The number of likely N-dealkylation sites (N-methyl/N-ethyl adjacent to an activating group) is 1. The van der Waals surface area contributed by atoms with Crippen molar-refractivity contribution in [1.29, 1.82) is 0 Å². The number of pyridine rings is 1. The van der Waals surface area contributed by atoms with Crippen LogP contribution in [0.5, 0.6) is 0 Å². The van der Waals surface area contributed by atoms with Crippen LogP contribution in [-0.4, -0.2) is 54.3 Å². The molecule has 1 amide bonds. The summed E-state index contributed by atoms with van der Waals surface area (Å²) in [6.07, 6.45) is 1.41. The molecule has 0 radical (unpaired) electrons. The van der Waals surface area contributed by atoms with Crippen molar-refractivity contribution >= 4 is 11.6 Å². The van der Waals surface area contributed by atoms with E-state index >= 15 is 0 Å². The van der Waals surface area contributed by atoms with Gasteiger partial charge in [0.25, 0.3) is 5.91 Å². The number of nitrogens with zero attached hydrogens (tertiary/aromatic N) is 3. The quantitative estimate of drug-likeness (QED) is 0.786. The van der Waals surface area contributed by atoms with Crippen LogP contribution < -0.4 is 0 Å². The summed E-state index contributed by atoms with van der Waals surface area (Å²) in [6, 6.07) is 3.89. The van der Waals surface area contributed by atoms with E-state index in [0.717, 1.165) is 11.2 Å². The summed E-state index contributed by atoms with van der Waals surface area (Å²) in [4.78, 5) is 18.7. The first-order valence-electron chi connectivity index (χ1n) is 6.75. The molecule has 2 heterocycles. The number of rotatable bonds is 5. The van der Waals surface area contributed by atoms with Gasteiger partial charge in [0.2, 0.25) is 0 Å². The Hall–Kier alpha value is -1.92. The van der Waals surface area contributed by atoms with Gasteiger partial charge in [-0.05, 0) is 25.5 Å². The fraction of sp³-hybridized carbons (Fsp3) is 0.467. The van der Waals surface area contributed by atoms with Crippen molar-refractivity contribution in [2.45, 2.75) is 20.1 Å². The van der Waals surface area contributed by atoms with E-state index in [1.54, 1.807) is 26.2 Å². The summed E-state index contributed by atoms with van der Waals surface area (Å²) >= 11 is 0. The van der Waals surface area contributed by atoms with Crippen molar-refractivity contribution in [2.24, 2.45) is 0 Å². The topological polar surface area (TPSA) is 56.1 Å². The van der Waals surface area contributed by atoms with Crippen molar-refractivity contribution in [3.63, 3.8) is 0 Å². The standard InChI is InChI=1S/C15H21N3O3/c1-10-7-6-8-18-13(11(2)16-14(10)18)15(19)17(3)9-12(20-4)21-5/h6-8,12H,9H2,1-5H3. The molecule has 0 fully saturated rings. The largest absolute Gasteiger partial charge is 0.354 e. The maximum Gasteiger partial charge on any atom is 0.272 e. The van der Waals surface area contributed by atoms with Crippen LogP contribution in [0.4, 0.5) is 0 Å². The molecule has 0 spiro atoms. The van der Waals surface area contributed by atoms with E-state index < -0.39 is 6.29 Å². The number of fused-ring (bicyclic) bond motifs is 1. The van der Waals surface area contributed by atoms with Gasteiger partial charge in [0.15, 0.2) is 6.29 Å². The lowest BCUT2D eigenvalue weighted by Crippen LogP contribution is -2.36. The monoisotopic (exact) mass is 291 g/mol. The minimum Gasteiger partial charge on any atom is -0.354 e. The number of aryl methyl sites for hydroxylation is 2. The van der Waals surface area contributed by atoms with Crippen molar-refractivity contribution in [3.8, 4) is 0 Å². The SMILES string of the molecule is COC(CN(C)C(=O)c1c(C)nc2c(C)cccn12)OC.